The number of rotatable bonds is 4. The first-order valence-corrected chi connectivity index (χ1v) is 6.84. The number of nitrogens with one attached hydrogen (secondary N) is 1. The number of furan rings is 1. The molecule has 2 heterocycles. The van der Waals surface area contributed by atoms with Crippen LogP contribution in [0.25, 0.3) is 0 Å². The number of hydrogen-bond acceptors (Lipinski definition) is 4. The Morgan fingerprint density at radius 1 is 1.37 bits per heavy atom. The van der Waals surface area contributed by atoms with Crippen molar-refractivity contribution in [3.8, 4) is 0 Å². The molecule has 0 aliphatic carbocycles. The summed E-state index contributed by atoms with van der Waals surface area (Å²) in [4.78, 5) is 13.6. The van der Waals surface area contributed by atoms with Crippen molar-refractivity contribution in [2.75, 3.05) is 6.54 Å². The van der Waals surface area contributed by atoms with Crippen molar-refractivity contribution in [1.29, 1.82) is 0 Å². The Bertz CT molecular complexity index is 583. The third-order valence-electron chi connectivity index (χ3n) is 2.83. The fraction of sp³-hybridized carbons (Fsp3) is 0.357. The molecule has 0 radical (unpaired) electrons. The Hall–Kier alpha value is -1.59. The number of aryl methyl sites for hydroxylation is 2. The molecular weight excluding hydrogens is 262 g/mol. The van der Waals surface area contributed by atoms with Crippen LogP contribution in [0.5, 0.6) is 0 Å². The minimum Gasteiger partial charge on any atom is -0.463 e. The molecule has 1 amide bonds. The van der Waals surface area contributed by atoms with E-state index in [1.165, 1.54) is 11.3 Å². The highest BCUT2D eigenvalue weighted by Crippen LogP contribution is 2.22. The molecule has 4 nitrogen and oxygen atoms in total. The third-order valence-corrected chi connectivity index (χ3v) is 3.83. The van der Waals surface area contributed by atoms with Crippen LogP contribution < -0.4 is 5.32 Å². The Morgan fingerprint density at radius 2 is 2.11 bits per heavy atom. The predicted molar refractivity (Wildman–Crippen MR) is 74.4 cm³/mol. The summed E-state index contributed by atoms with van der Waals surface area (Å²) in [6.07, 6.45) is 0. The van der Waals surface area contributed by atoms with Gasteiger partial charge in [0.2, 0.25) is 0 Å². The quantitative estimate of drug-likeness (QED) is 0.904. The van der Waals surface area contributed by atoms with Gasteiger partial charge >= 0.3 is 0 Å². The molecule has 0 saturated carbocycles. The summed E-state index contributed by atoms with van der Waals surface area (Å²) in [5.41, 5.74) is -1.21. The van der Waals surface area contributed by atoms with Gasteiger partial charge in [0.1, 0.15) is 17.1 Å². The fourth-order valence-corrected chi connectivity index (χ4v) is 2.49. The summed E-state index contributed by atoms with van der Waals surface area (Å²) in [6, 6.07) is 7.18. The van der Waals surface area contributed by atoms with E-state index in [4.69, 9.17) is 4.42 Å². The van der Waals surface area contributed by atoms with Crippen LogP contribution in [0.2, 0.25) is 0 Å². The van der Waals surface area contributed by atoms with Crippen LogP contribution in [0.15, 0.2) is 28.7 Å². The zero-order valence-corrected chi connectivity index (χ0v) is 12.0. The molecule has 19 heavy (non-hydrogen) atoms. The third kappa shape index (κ3) is 3.24. The molecule has 1 unspecified atom stereocenters. The number of hydrogen-bond donors (Lipinski definition) is 2. The second-order valence-corrected chi connectivity index (χ2v) is 6.07. The molecule has 0 saturated heterocycles. The molecule has 0 aromatic carbocycles. The Labute approximate surface area is 116 Å². The average Bonchev–Trinajstić information content (AvgIpc) is 2.95. The van der Waals surface area contributed by atoms with Crippen molar-refractivity contribution in [2.45, 2.75) is 26.4 Å². The van der Waals surface area contributed by atoms with E-state index in [1.807, 2.05) is 19.9 Å². The second-order valence-electron chi connectivity index (χ2n) is 4.78. The lowest BCUT2D eigenvalue weighted by Crippen LogP contribution is -2.38. The van der Waals surface area contributed by atoms with Gasteiger partial charge in [0.25, 0.3) is 5.91 Å². The molecule has 2 aromatic heterocycles. The van der Waals surface area contributed by atoms with Gasteiger partial charge in [0.15, 0.2) is 0 Å². The molecule has 0 aliphatic heterocycles. The van der Waals surface area contributed by atoms with Crippen LogP contribution in [-0.4, -0.2) is 17.6 Å². The van der Waals surface area contributed by atoms with Crippen molar-refractivity contribution < 1.29 is 14.3 Å². The van der Waals surface area contributed by atoms with Crippen LogP contribution in [0.3, 0.4) is 0 Å². The molecule has 2 rings (SSSR count). The van der Waals surface area contributed by atoms with E-state index in [-0.39, 0.29) is 12.5 Å². The van der Waals surface area contributed by atoms with Gasteiger partial charge < -0.3 is 14.8 Å². The number of thiophene rings is 1. The fourth-order valence-electron chi connectivity index (χ4n) is 1.71. The van der Waals surface area contributed by atoms with Crippen molar-refractivity contribution in [1.82, 2.24) is 5.32 Å². The van der Waals surface area contributed by atoms with E-state index in [0.29, 0.717) is 10.6 Å². The number of carbonyl (C=O) groups is 1. The van der Waals surface area contributed by atoms with Gasteiger partial charge in [-0.05, 0) is 45.0 Å². The van der Waals surface area contributed by atoms with Crippen molar-refractivity contribution in [3.63, 3.8) is 0 Å². The molecule has 1 atom stereocenters. The molecule has 0 bridgehead atoms. The largest absolute Gasteiger partial charge is 0.463 e. The molecule has 102 valence electrons. The first-order valence-electron chi connectivity index (χ1n) is 6.02. The minimum atomic E-state index is -1.21. The predicted octanol–water partition coefficient (Wildman–Crippen LogP) is 2.60. The number of aliphatic hydroxyl groups is 1. The number of carbonyl (C=O) groups excluding carboxylic acids is 1. The lowest BCUT2D eigenvalue weighted by Gasteiger charge is -2.21. The van der Waals surface area contributed by atoms with Gasteiger partial charge in [-0.1, -0.05) is 0 Å². The van der Waals surface area contributed by atoms with Gasteiger partial charge in [-0.3, -0.25) is 4.79 Å². The highest BCUT2D eigenvalue weighted by Gasteiger charge is 2.27. The highest BCUT2D eigenvalue weighted by atomic mass is 32.1. The topological polar surface area (TPSA) is 62.5 Å². The Kier molecular flexibility index (Phi) is 3.78. The molecule has 0 aliphatic rings. The Morgan fingerprint density at radius 3 is 2.63 bits per heavy atom. The lowest BCUT2D eigenvalue weighted by atomic mass is 10.0. The molecule has 5 heteroatoms. The standard InChI is InChI=1S/C14H17NO3S/c1-9-4-7-12(18-9)14(3,17)8-15-13(16)11-6-5-10(2)19-11/h4-7,17H,8H2,1-3H3,(H,15,16). The summed E-state index contributed by atoms with van der Waals surface area (Å²) in [6.45, 7) is 5.48. The van der Waals surface area contributed by atoms with E-state index in [9.17, 15) is 9.90 Å². The summed E-state index contributed by atoms with van der Waals surface area (Å²) in [5, 5.41) is 13.0. The monoisotopic (exact) mass is 279 g/mol. The molecule has 2 aromatic rings. The maximum absolute atomic E-state index is 11.9. The van der Waals surface area contributed by atoms with Crippen LogP contribution in [0.4, 0.5) is 0 Å². The van der Waals surface area contributed by atoms with Crippen LogP contribution >= 0.6 is 11.3 Å². The van der Waals surface area contributed by atoms with Gasteiger partial charge in [-0.25, -0.2) is 0 Å². The first-order chi connectivity index (χ1) is 8.88. The maximum Gasteiger partial charge on any atom is 0.261 e. The van der Waals surface area contributed by atoms with Crippen LogP contribution in [0, 0.1) is 13.8 Å². The van der Waals surface area contributed by atoms with E-state index < -0.39 is 5.60 Å². The first kappa shape index (κ1) is 13.8. The summed E-state index contributed by atoms with van der Waals surface area (Å²) in [5.74, 6) is 1.00. The van der Waals surface area contributed by atoms with Gasteiger partial charge in [0.05, 0.1) is 11.4 Å². The van der Waals surface area contributed by atoms with E-state index in [2.05, 4.69) is 5.32 Å². The smallest absolute Gasteiger partial charge is 0.261 e. The summed E-state index contributed by atoms with van der Waals surface area (Å²) >= 11 is 1.43. The van der Waals surface area contributed by atoms with Gasteiger partial charge in [-0.15, -0.1) is 11.3 Å². The Balaban J connectivity index is 2.00. The van der Waals surface area contributed by atoms with Crippen LogP contribution in [-0.2, 0) is 5.60 Å². The van der Waals surface area contributed by atoms with Crippen LogP contribution in [0.1, 0.15) is 33.0 Å². The normalized spacial score (nSPS) is 14.1. The zero-order valence-electron chi connectivity index (χ0n) is 11.2. The van der Waals surface area contributed by atoms with E-state index >= 15 is 0 Å². The maximum atomic E-state index is 11.9. The molecular formula is C14H17NO3S. The zero-order chi connectivity index (χ0) is 14.0. The number of amides is 1. The second kappa shape index (κ2) is 5.19. The molecule has 0 fully saturated rings. The van der Waals surface area contributed by atoms with Crippen molar-refractivity contribution in [2.24, 2.45) is 0 Å². The van der Waals surface area contributed by atoms with Gasteiger partial charge in [-0.2, -0.15) is 0 Å². The van der Waals surface area contributed by atoms with Crippen molar-refractivity contribution in [3.05, 3.63) is 45.5 Å². The summed E-state index contributed by atoms with van der Waals surface area (Å²) in [7, 11) is 0. The lowest BCUT2D eigenvalue weighted by molar-refractivity contribution is 0.0324. The highest BCUT2D eigenvalue weighted by molar-refractivity contribution is 7.13. The van der Waals surface area contributed by atoms with Crippen molar-refractivity contribution >= 4 is 17.2 Å². The molecule has 2 N–H and O–H groups in total. The van der Waals surface area contributed by atoms with Gasteiger partial charge in [0, 0.05) is 4.88 Å². The van der Waals surface area contributed by atoms with E-state index in [0.717, 1.165) is 10.6 Å². The summed E-state index contributed by atoms with van der Waals surface area (Å²) < 4.78 is 5.39. The van der Waals surface area contributed by atoms with E-state index in [1.54, 1.807) is 25.1 Å². The average molecular weight is 279 g/mol. The minimum absolute atomic E-state index is 0.107. The SMILES string of the molecule is Cc1ccc(C(C)(O)CNC(=O)c2ccc(C)s2)o1. The molecule has 0 spiro atoms.